The first kappa shape index (κ1) is 34.6. The summed E-state index contributed by atoms with van der Waals surface area (Å²) in [4.78, 5) is 27.9. The van der Waals surface area contributed by atoms with E-state index in [4.69, 9.17) is 0 Å². The lowest BCUT2D eigenvalue weighted by Gasteiger charge is -2.26. The lowest BCUT2D eigenvalue weighted by molar-refractivity contribution is -0.107. The molecule has 2 aliphatic rings. The van der Waals surface area contributed by atoms with E-state index in [0.29, 0.717) is 0 Å². The van der Waals surface area contributed by atoms with Gasteiger partial charge in [-0.3, -0.25) is 9.59 Å². The number of carbonyl (C=O) groups excluding carboxylic acids is 2. The zero-order valence-corrected chi connectivity index (χ0v) is 31.4. The Hall–Kier alpha value is -4.88. The van der Waals surface area contributed by atoms with Crippen LogP contribution < -0.4 is 24.4 Å². The zero-order chi connectivity index (χ0) is 35.5. The molecule has 2 aliphatic heterocycles. The topological polar surface area (TPSA) is 37.4 Å². The smallest absolute Gasteiger partial charge is 0.218 e. The zero-order valence-electron chi connectivity index (χ0n) is 29.0. The summed E-state index contributed by atoms with van der Waals surface area (Å²) in [5, 5.41) is 2.68. The minimum Gasteiger partial charge on any atom is -0.311 e. The van der Waals surface area contributed by atoms with Crippen LogP contribution >= 0.6 is 34.9 Å². The SMILES string of the molecule is CC/C=c1/cc/c(=C\c2ccc(N(c3ccc(/C=C(C)/C=C4/SC(=O)C=C4C)cc3)c3ccc(/C=c4\cc5c(s4)=CC(=O)S5)cc3)cc2)cc1C. The number of nitrogens with zero attached hydrogens (tertiary/aromatic N) is 1. The van der Waals surface area contributed by atoms with Crippen LogP contribution in [0.1, 0.15) is 49.4 Å². The van der Waals surface area contributed by atoms with Crippen LogP contribution in [0.3, 0.4) is 0 Å². The van der Waals surface area contributed by atoms with E-state index in [1.165, 1.54) is 39.5 Å². The van der Waals surface area contributed by atoms with Crippen LogP contribution in [0.15, 0.2) is 130 Å². The minimum atomic E-state index is 0.0908. The third-order valence-electron chi connectivity index (χ3n) is 8.70. The highest BCUT2D eigenvalue weighted by Crippen LogP contribution is 2.36. The molecular formula is C45H37NO2S3. The Balaban J connectivity index is 1.21. The standard InChI is InChI=1S/C45H37NO2S3/c1-5-6-36-14-7-35(23-30(36)3)25-33-10-17-38(18-11-33)46(37-15-8-32(9-16-37)21-29(2)22-41-31(4)24-44(47)50-41)39-19-12-34(13-20-39)26-40-27-42-43(49-40)28-45(48)51-42/h6-28H,5H2,1-4H3/b29-21+,35-25+,36-6-,40-26+,41-22+. The van der Waals surface area contributed by atoms with Gasteiger partial charge >= 0.3 is 0 Å². The fourth-order valence-corrected chi connectivity index (χ4v) is 9.23. The van der Waals surface area contributed by atoms with Crippen LogP contribution in [0.2, 0.25) is 0 Å². The first-order chi connectivity index (χ1) is 24.7. The Kier molecular flexibility index (Phi) is 10.3. The summed E-state index contributed by atoms with van der Waals surface area (Å²) in [7, 11) is 0. The molecule has 0 amide bonds. The first-order valence-corrected chi connectivity index (χ1v) is 19.4. The van der Waals surface area contributed by atoms with Crippen molar-refractivity contribution in [2.45, 2.75) is 39.0 Å². The Labute approximate surface area is 311 Å². The van der Waals surface area contributed by atoms with Crippen molar-refractivity contribution in [1.82, 2.24) is 0 Å². The molecule has 0 spiro atoms. The maximum atomic E-state index is 11.8. The van der Waals surface area contributed by atoms with Gasteiger partial charge in [-0.05, 0) is 161 Å². The van der Waals surface area contributed by atoms with Gasteiger partial charge < -0.3 is 4.90 Å². The first-order valence-electron chi connectivity index (χ1n) is 17.0. The summed E-state index contributed by atoms with van der Waals surface area (Å²) >= 11 is 4.24. The van der Waals surface area contributed by atoms with Crippen LogP contribution in [0.25, 0.3) is 30.4 Å². The van der Waals surface area contributed by atoms with E-state index in [1.807, 2.05) is 6.92 Å². The predicted octanol–water partition coefficient (Wildman–Crippen LogP) is 9.29. The van der Waals surface area contributed by atoms with Gasteiger partial charge in [-0.15, -0.1) is 11.3 Å². The van der Waals surface area contributed by atoms with Crippen LogP contribution in [-0.4, -0.2) is 10.2 Å². The molecular weight excluding hydrogens is 683 g/mol. The summed E-state index contributed by atoms with van der Waals surface area (Å²) in [6.45, 7) is 8.39. The molecule has 0 atom stereocenters. The minimum absolute atomic E-state index is 0.0908. The Morgan fingerprint density at radius 1 is 0.706 bits per heavy atom. The highest BCUT2D eigenvalue weighted by molar-refractivity contribution is 8.18. The van der Waals surface area contributed by atoms with Crippen molar-refractivity contribution < 1.29 is 9.59 Å². The van der Waals surface area contributed by atoms with Crippen molar-refractivity contribution in [3.63, 3.8) is 0 Å². The van der Waals surface area contributed by atoms with Gasteiger partial charge in [0.2, 0.25) is 10.2 Å². The molecule has 7 rings (SSSR count). The number of fused-ring (bicyclic) bond motifs is 1. The van der Waals surface area contributed by atoms with E-state index in [1.54, 1.807) is 23.5 Å². The van der Waals surface area contributed by atoms with E-state index in [2.05, 4.69) is 153 Å². The van der Waals surface area contributed by atoms with E-state index in [9.17, 15) is 9.59 Å². The molecule has 51 heavy (non-hydrogen) atoms. The van der Waals surface area contributed by atoms with Crippen molar-refractivity contribution in [2.24, 2.45) is 0 Å². The molecule has 252 valence electrons. The summed E-state index contributed by atoms with van der Waals surface area (Å²) in [6.07, 6.45) is 15.3. The van der Waals surface area contributed by atoms with Crippen molar-refractivity contribution in [3.8, 4) is 0 Å². The molecule has 3 heterocycles. The van der Waals surface area contributed by atoms with Gasteiger partial charge in [0, 0.05) is 42.0 Å². The molecule has 1 aromatic heterocycles. The number of carbonyl (C=O) groups is 2. The number of hydrogen-bond acceptors (Lipinski definition) is 6. The van der Waals surface area contributed by atoms with Crippen LogP contribution in [-0.2, 0) is 9.59 Å². The second-order valence-electron chi connectivity index (χ2n) is 12.7. The van der Waals surface area contributed by atoms with Gasteiger partial charge in [0.1, 0.15) is 0 Å². The molecule has 0 unspecified atom stereocenters. The highest BCUT2D eigenvalue weighted by Gasteiger charge is 2.16. The molecule has 4 aromatic carbocycles. The van der Waals surface area contributed by atoms with Crippen molar-refractivity contribution >= 4 is 92.5 Å². The molecule has 0 aliphatic carbocycles. The van der Waals surface area contributed by atoms with E-state index in [0.717, 1.165) is 70.2 Å². The molecule has 0 bridgehead atoms. The van der Waals surface area contributed by atoms with Gasteiger partial charge in [0.05, 0.1) is 0 Å². The van der Waals surface area contributed by atoms with Gasteiger partial charge in [-0.2, -0.15) is 0 Å². The third kappa shape index (κ3) is 8.20. The van der Waals surface area contributed by atoms with Gasteiger partial charge in [-0.1, -0.05) is 73.7 Å². The van der Waals surface area contributed by atoms with Crippen molar-refractivity contribution in [2.75, 3.05) is 4.90 Å². The summed E-state index contributed by atoms with van der Waals surface area (Å²) < 4.78 is 2.19. The molecule has 5 aromatic rings. The molecule has 0 saturated heterocycles. The Morgan fingerprint density at radius 3 is 1.88 bits per heavy atom. The third-order valence-corrected chi connectivity index (χ3v) is 11.7. The number of hydrogen-bond donors (Lipinski definition) is 0. The quantitative estimate of drug-likeness (QED) is 0.160. The van der Waals surface area contributed by atoms with Crippen molar-refractivity contribution in [3.05, 3.63) is 167 Å². The molecule has 0 N–H and O–H groups in total. The van der Waals surface area contributed by atoms with Gasteiger partial charge in [0.15, 0.2) is 0 Å². The largest absolute Gasteiger partial charge is 0.311 e. The summed E-state index contributed by atoms with van der Waals surface area (Å²) in [5.41, 5.74) is 9.92. The average Bonchev–Trinajstić information content (AvgIpc) is 3.75. The van der Waals surface area contributed by atoms with Crippen LogP contribution in [0.4, 0.5) is 17.1 Å². The number of thioether (sulfide) groups is 2. The number of rotatable bonds is 8. The molecule has 0 saturated carbocycles. The molecule has 6 heteroatoms. The second kappa shape index (κ2) is 15.2. The number of allylic oxidation sites excluding steroid dienone is 3. The Morgan fingerprint density at radius 2 is 1.31 bits per heavy atom. The second-order valence-corrected chi connectivity index (χ2v) is 15.9. The van der Waals surface area contributed by atoms with Crippen molar-refractivity contribution in [1.29, 1.82) is 0 Å². The highest BCUT2D eigenvalue weighted by atomic mass is 32.2. The summed E-state index contributed by atoms with van der Waals surface area (Å²) in [5.74, 6) is 0. The van der Waals surface area contributed by atoms with E-state index < -0.39 is 0 Å². The predicted molar refractivity (Wildman–Crippen MR) is 220 cm³/mol. The Bertz CT molecular complexity index is 2500. The maximum Gasteiger partial charge on any atom is 0.218 e. The van der Waals surface area contributed by atoms with Gasteiger partial charge in [0.25, 0.3) is 0 Å². The maximum absolute atomic E-state index is 11.8. The van der Waals surface area contributed by atoms with Crippen LogP contribution in [0, 0.1) is 6.92 Å². The number of aryl methyl sites for hydroxylation is 1. The molecule has 3 nitrogen and oxygen atoms in total. The molecule has 0 radical (unpaired) electrons. The van der Waals surface area contributed by atoms with Gasteiger partial charge in [-0.25, -0.2) is 0 Å². The van der Waals surface area contributed by atoms with E-state index in [-0.39, 0.29) is 10.2 Å². The summed E-state index contributed by atoms with van der Waals surface area (Å²) in [6, 6.07) is 34.7. The number of thiophene rings is 1. The number of anilines is 3. The lowest BCUT2D eigenvalue weighted by Crippen LogP contribution is -2.12. The average molecular weight is 720 g/mol. The van der Waals surface area contributed by atoms with E-state index >= 15 is 0 Å². The van der Waals surface area contributed by atoms with Crippen LogP contribution in [0.5, 0.6) is 0 Å². The number of benzene rings is 4. The fraction of sp³-hybridized carbons (Fsp3) is 0.111. The monoisotopic (exact) mass is 719 g/mol. The normalized spacial score (nSPS) is 16.2. The molecule has 0 fully saturated rings. The fourth-order valence-electron chi connectivity index (χ4n) is 6.22. The lowest BCUT2D eigenvalue weighted by atomic mass is 10.1.